The van der Waals surface area contributed by atoms with Crippen molar-refractivity contribution in [3.8, 4) is 0 Å². The van der Waals surface area contributed by atoms with Crippen LogP contribution < -0.4 is 11.1 Å². The molecule has 2 saturated carbocycles. The number of nitrogens with zero attached hydrogens (tertiary/aromatic N) is 4. The summed E-state index contributed by atoms with van der Waals surface area (Å²) in [6, 6.07) is 10.3. The Morgan fingerprint density at radius 3 is 2.69 bits per heavy atom. The minimum atomic E-state index is -0.624. The third-order valence-corrected chi connectivity index (χ3v) is 7.66. The summed E-state index contributed by atoms with van der Waals surface area (Å²) in [6.45, 7) is -0.0744. The molecule has 2 aliphatic carbocycles. The number of likely N-dealkylation sites (tertiary alicyclic amines) is 1. The molecule has 1 aliphatic heterocycles. The predicted octanol–water partition coefficient (Wildman–Crippen LogP) is 3.08. The number of nitrogens with two attached hydrogens (primary N) is 1. The lowest BCUT2D eigenvalue weighted by molar-refractivity contribution is -0.141. The summed E-state index contributed by atoms with van der Waals surface area (Å²) in [5, 5.41) is 8.17. The van der Waals surface area contributed by atoms with Gasteiger partial charge >= 0.3 is 0 Å². The highest BCUT2D eigenvalue weighted by Gasteiger charge is 2.51. The van der Waals surface area contributed by atoms with Crippen LogP contribution in [0.15, 0.2) is 36.4 Å². The highest BCUT2D eigenvalue weighted by atomic mass is 35.5. The molecule has 3 aromatic rings. The first-order valence-electron chi connectivity index (χ1n) is 11.9. The summed E-state index contributed by atoms with van der Waals surface area (Å²) in [7, 11) is 0. The van der Waals surface area contributed by atoms with E-state index in [4.69, 9.17) is 17.3 Å². The lowest BCUT2D eigenvalue weighted by Crippen LogP contribution is -2.52. The SMILES string of the molecule is NC(=O)c1nn(CC(=O)N2C3CCC(C3)[C@H]2C(=O)Nc2cccc(Cl)n2)c2ccc(C3CC3)cc12. The number of benzene rings is 1. The first-order valence-corrected chi connectivity index (χ1v) is 12.3. The Bertz CT molecular complexity index is 1370. The molecule has 3 atom stereocenters. The van der Waals surface area contributed by atoms with Crippen molar-refractivity contribution in [2.45, 2.75) is 56.7 Å². The maximum atomic E-state index is 13.6. The molecule has 3 N–H and O–H groups in total. The maximum Gasteiger partial charge on any atom is 0.269 e. The smallest absolute Gasteiger partial charge is 0.269 e. The maximum absolute atomic E-state index is 13.6. The van der Waals surface area contributed by atoms with Gasteiger partial charge in [-0.25, -0.2) is 4.98 Å². The summed E-state index contributed by atoms with van der Waals surface area (Å²) in [4.78, 5) is 44.7. The summed E-state index contributed by atoms with van der Waals surface area (Å²) >= 11 is 5.95. The first kappa shape index (κ1) is 22.0. The molecule has 2 unspecified atom stereocenters. The molecule has 3 aliphatic rings. The zero-order chi connectivity index (χ0) is 24.3. The number of pyridine rings is 1. The van der Waals surface area contributed by atoms with E-state index in [1.807, 2.05) is 18.2 Å². The fourth-order valence-electron chi connectivity index (χ4n) is 5.74. The number of piperidine rings is 1. The lowest BCUT2D eigenvalue weighted by Gasteiger charge is -2.34. The number of halogens is 1. The average molecular weight is 493 g/mol. The topological polar surface area (TPSA) is 123 Å². The van der Waals surface area contributed by atoms with E-state index in [1.165, 1.54) is 4.68 Å². The van der Waals surface area contributed by atoms with E-state index in [1.54, 1.807) is 23.1 Å². The van der Waals surface area contributed by atoms with Gasteiger partial charge in [-0.3, -0.25) is 19.1 Å². The fraction of sp³-hybridized carbons (Fsp3) is 0.400. The molecule has 2 aromatic heterocycles. The van der Waals surface area contributed by atoms with E-state index in [0.717, 1.165) is 37.7 Å². The van der Waals surface area contributed by atoms with Gasteiger partial charge in [0.1, 0.15) is 23.6 Å². The number of hydrogen-bond donors (Lipinski definition) is 2. The van der Waals surface area contributed by atoms with E-state index in [0.29, 0.717) is 22.6 Å². The van der Waals surface area contributed by atoms with Gasteiger partial charge in [-0.2, -0.15) is 5.10 Å². The van der Waals surface area contributed by atoms with Crippen molar-refractivity contribution in [3.05, 3.63) is 52.8 Å². The molecular formula is C25H25ClN6O3. The average Bonchev–Trinajstić information content (AvgIpc) is 3.32. The molecule has 3 heterocycles. The third-order valence-electron chi connectivity index (χ3n) is 7.45. The number of nitrogens with one attached hydrogen (secondary N) is 1. The highest BCUT2D eigenvalue weighted by Crippen LogP contribution is 2.43. The number of anilines is 1. The van der Waals surface area contributed by atoms with Crippen LogP contribution in [-0.4, -0.2) is 49.5 Å². The number of carbonyl (C=O) groups is 3. The summed E-state index contributed by atoms with van der Waals surface area (Å²) in [5.74, 6) is -0.132. The second-order valence-electron chi connectivity index (χ2n) is 9.73. The Morgan fingerprint density at radius 2 is 1.94 bits per heavy atom. The summed E-state index contributed by atoms with van der Waals surface area (Å²) in [6.07, 6.45) is 4.83. The highest BCUT2D eigenvalue weighted by molar-refractivity contribution is 6.29. The normalized spacial score (nSPS) is 23.1. The van der Waals surface area contributed by atoms with Crippen LogP contribution in [-0.2, 0) is 16.1 Å². The van der Waals surface area contributed by atoms with E-state index in [-0.39, 0.29) is 41.2 Å². The molecule has 3 fully saturated rings. The van der Waals surface area contributed by atoms with Gasteiger partial charge in [0.15, 0.2) is 5.69 Å². The van der Waals surface area contributed by atoms with E-state index >= 15 is 0 Å². The van der Waals surface area contributed by atoms with Crippen molar-refractivity contribution in [2.75, 3.05) is 5.32 Å². The molecule has 1 saturated heterocycles. The Balaban J connectivity index is 1.27. The van der Waals surface area contributed by atoms with E-state index in [9.17, 15) is 14.4 Å². The molecule has 6 rings (SSSR count). The molecule has 1 aromatic carbocycles. The van der Waals surface area contributed by atoms with E-state index < -0.39 is 11.9 Å². The van der Waals surface area contributed by atoms with Crippen molar-refractivity contribution >= 4 is 46.0 Å². The van der Waals surface area contributed by atoms with Crippen molar-refractivity contribution < 1.29 is 14.4 Å². The second-order valence-corrected chi connectivity index (χ2v) is 10.1. The zero-order valence-electron chi connectivity index (χ0n) is 19.0. The Kier molecular flexibility index (Phi) is 5.25. The number of amides is 3. The number of hydrogen-bond acceptors (Lipinski definition) is 5. The van der Waals surface area contributed by atoms with Crippen LogP contribution in [0.2, 0.25) is 5.15 Å². The van der Waals surface area contributed by atoms with Gasteiger partial charge in [0.25, 0.3) is 5.91 Å². The molecule has 10 heteroatoms. The largest absolute Gasteiger partial charge is 0.364 e. The van der Waals surface area contributed by atoms with Gasteiger partial charge in [-0.05, 0) is 73.8 Å². The van der Waals surface area contributed by atoms with Crippen LogP contribution >= 0.6 is 11.6 Å². The molecule has 9 nitrogen and oxygen atoms in total. The van der Waals surface area contributed by atoms with Crippen LogP contribution in [0.1, 0.15) is 54.1 Å². The Labute approximate surface area is 206 Å². The van der Waals surface area contributed by atoms with E-state index in [2.05, 4.69) is 15.4 Å². The number of primary amides is 1. The van der Waals surface area contributed by atoms with Crippen LogP contribution in [0.25, 0.3) is 10.9 Å². The van der Waals surface area contributed by atoms with Crippen molar-refractivity contribution in [3.63, 3.8) is 0 Å². The Morgan fingerprint density at radius 1 is 1.11 bits per heavy atom. The van der Waals surface area contributed by atoms with Crippen LogP contribution in [0.5, 0.6) is 0 Å². The van der Waals surface area contributed by atoms with Gasteiger partial charge < -0.3 is 16.0 Å². The first-order chi connectivity index (χ1) is 16.9. The fourth-order valence-corrected chi connectivity index (χ4v) is 5.91. The lowest BCUT2D eigenvalue weighted by atomic mass is 9.97. The van der Waals surface area contributed by atoms with Crippen molar-refractivity contribution in [1.29, 1.82) is 0 Å². The number of fused-ring (bicyclic) bond motifs is 3. The number of aromatic nitrogens is 3. The summed E-state index contributed by atoms with van der Waals surface area (Å²) < 4.78 is 1.54. The van der Waals surface area contributed by atoms with Gasteiger partial charge in [0.2, 0.25) is 11.8 Å². The van der Waals surface area contributed by atoms with Crippen LogP contribution in [0.4, 0.5) is 5.82 Å². The minimum absolute atomic E-state index is 0.00877. The monoisotopic (exact) mass is 492 g/mol. The van der Waals surface area contributed by atoms with Gasteiger partial charge in [-0.1, -0.05) is 23.7 Å². The number of carbonyl (C=O) groups excluding carboxylic acids is 3. The Hall–Kier alpha value is -3.46. The molecule has 0 spiro atoms. The van der Waals surface area contributed by atoms with Gasteiger partial charge in [-0.15, -0.1) is 0 Å². The summed E-state index contributed by atoms with van der Waals surface area (Å²) in [5.41, 5.74) is 7.62. The van der Waals surface area contributed by atoms with Gasteiger partial charge in [0, 0.05) is 11.4 Å². The molecule has 2 bridgehead atoms. The molecular weight excluding hydrogens is 468 g/mol. The minimum Gasteiger partial charge on any atom is -0.364 e. The zero-order valence-corrected chi connectivity index (χ0v) is 19.7. The van der Waals surface area contributed by atoms with Crippen molar-refractivity contribution in [1.82, 2.24) is 19.7 Å². The molecule has 180 valence electrons. The van der Waals surface area contributed by atoms with Crippen LogP contribution in [0.3, 0.4) is 0 Å². The van der Waals surface area contributed by atoms with Crippen LogP contribution in [0, 0.1) is 5.92 Å². The molecule has 3 amide bonds. The second kappa shape index (κ2) is 8.34. The number of rotatable bonds is 6. The van der Waals surface area contributed by atoms with Crippen molar-refractivity contribution in [2.24, 2.45) is 11.7 Å². The van der Waals surface area contributed by atoms with Gasteiger partial charge in [0.05, 0.1) is 5.52 Å². The quantitative estimate of drug-likeness (QED) is 0.512. The predicted molar refractivity (Wildman–Crippen MR) is 130 cm³/mol. The standard InChI is InChI=1S/C25H25ClN6O3/c26-19-2-1-3-20(28-19)29-25(35)23-15-6-8-16(10-15)32(23)21(33)12-31-18-9-7-14(13-4-5-13)11-17(18)22(30-31)24(27)34/h1-3,7,9,11,13,15-16,23H,4-6,8,10,12H2,(H2,27,34)(H,28,29,35)/t15?,16?,23-/m0/s1. The third kappa shape index (κ3) is 3.93. The molecule has 0 radical (unpaired) electrons. The molecule has 35 heavy (non-hydrogen) atoms.